The zero-order chi connectivity index (χ0) is 11.4. The predicted molar refractivity (Wildman–Crippen MR) is 55.9 cm³/mol. The lowest BCUT2D eigenvalue weighted by Gasteiger charge is -2.11. The number of hydrogen-bond acceptors (Lipinski definition) is 4. The van der Waals surface area contributed by atoms with Gasteiger partial charge >= 0.3 is 0 Å². The molecule has 84 valence electrons. The number of nitrogens with zero attached hydrogens (tertiary/aromatic N) is 2. The highest BCUT2D eigenvalue weighted by Crippen LogP contribution is 2.24. The van der Waals surface area contributed by atoms with E-state index in [-0.39, 0.29) is 17.6 Å². The Morgan fingerprint density at radius 2 is 2.27 bits per heavy atom. The van der Waals surface area contributed by atoms with Crippen LogP contribution in [0.1, 0.15) is 6.42 Å². The lowest BCUT2D eigenvalue weighted by atomic mass is 10.4. The highest BCUT2D eigenvalue weighted by Gasteiger charge is 2.39. The number of rotatable bonds is 5. The first-order chi connectivity index (χ1) is 7.04. The molecular weight excluding hydrogens is 199 g/mol. The van der Waals surface area contributed by atoms with Crippen LogP contribution in [0.15, 0.2) is 17.0 Å². The van der Waals surface area contributed by atoms with E-state index >= 15 is 0 Å². The fourth-order valence-corrected chi connectivity index (χ4v) is 1.04. The molecule has 0 radical (unpaired) electrons. The molecular formula is C9H15FN4O. The van der Waals surface area contributed by atoms with E-state index in [1.807, 2.05) is 0 Å². The Labute approximate surface area is 88.0 Å². The molecule has 2 atom stereocenters. The van der Waals surface area contributed by atoms with Crippen LogP contribution in [-0.2, 0) is 4.79 Å². The summed E-state index contributed by atoms with van der Waals surface area (Å²) in [5, 5.41) is 5.94. The first kappa shape index (κ1) is 11.5. The van der Waals surface area contributed by atoms with Crippen molar-refractivity contribution in [2.24, 2.45) is 5.10 Å². The molecule has 1 amide bonds. The second kappa shape index (κ2) is 4.77. The van der Waals surface area contributed by atoms with Gasteiger partial charge in [-0.05, 0) is 0 Å². The molecule has 6 heteroatoms. The fraction of sp³-hybridized carbons (Fsp3) is 0.556. The molecule has 0 bridgehead atoms. The Morgan fingerprint density at radius 1 is 1.67 bits per heavy atom. The molecule has 1 rings (SSSR count). The maximum Gasteiger partial charge on any atom is 0.271 e. The van der Waals surface area contributed by atoms with Crippen LogP contribution in [0, 0.1) is 0 Å². The third-order valence-corrected chi connectivity index (χ3v) is 1.86. The van der Waals surface area contributed by atoms with Gasteiger partial charge < -0.3 is 10.2 Å². The van der Waals surface area contributed by atoms with E-state index in [0.29, 0.717) is 6.42 Å². The van der Waals surface area contributed by atoms with Crippen LogP contribution < -0.4 is 10.7 Å². The normalized spacial score (nSPS) is 24.3. The van der Waals surface area contributed by atoms with Gasteiger partial charge in [-0.3, -0.25) is 10.2 Å². The summed E-state index contributed by atoms with van der Waals surface area (Å²) < 4.78 is 12.5. The van der Waals surface area contributed by atoms with Crippen molar-refractivity contribution in [2.75, 3.05) is 14.1 Å². The number of carbonyl (C=O) groups excluding carboxylic acids is 1. The Bertz CT molecular complexity index is 290. The molecule has 2 N–H and O–H groups in total. The van der Waals surface area contributed by atoms with E-state index in [0.717, 1.165) is 0 Å². The predicted octanol–water partition coefficient (Wildman–Crippen LogP) is -0.179. The monoisotopic (exact) mass is 214 g/mol. The van der Waals surface area contributed by atoms with E-state index in [2.05, 4.69) is 22.6 Å². The number of amides is 1. The maximum atomic E-state index is 12.5. The van der Waals surface area contributed by atoms with E-state index in [4.69, 9.17) is 0 Å². The molecule has 0 saturated heterocycles. The fourth-order valence-electron chi connectivity index (χ4n) is 1.04. The molecule has 15 heavy (non-hydrogen) atoms. The highest BCUT2D eigenvalue weighted by molar-refractivity contribution is 5.93. The highest BCUT2D eigenvalue weighted by atomic mass is 19.1. The van der Waals surface area contributed by atoms with E-state index in [1.54, 1.807) is 25.2 Å². The second-order valence-corrected chi connectivity index (χ2v) is 3.61. The van der Waals surface area contributed by atoms with Gasteiger partial charge in [0.15, 0.2) is 0 Å². The summed E-state index contributed by atoms with van der Waals surface area (Å²) in [6.07, 6.45) is 1.04. The van der Waals surface area contributed by atoms with E-state index < -0.39 is 6.17 Å². The standard InChI is InChI=1S/C9H15FN4O/c1-11-13-8(5-14(2)3)9(15)12-7-4-6(7)10/h5-7,13H,1,4H2,2-3H3,(H,12,15)/b8-5-/t6-,7+/m0/s1. The largest absolute Gasteiger partial charge is 0.382 e. The van der Waals surface area contributed by atoms with Crippen molar-refractivity contribution in [1.82, 2.24) is 15.6 Å². The Kier molecular flexibility index (Phi) is 3.65. The smallest absolute Gasteiger partial charge is 0.271 e. The van der Waals surface area contributed by atoms with Gasteiger partial charge in [0, 0.05) is 33.4 Å². The van der Waals surface area contributed by atoms with Crippen LogP contribution in [0.2, 0.25) is 0 Å². The molecule has 1 aliphatic rings. The lowest BCUT2D eigenvalue weighted by Crippen LogP contribution is -2.33. The molecule has 5 nitrogen and oxygen atoms in total. The summed E-state index contributed by atoms with van der Waals surface area (Å²) in [7, 11) is 3.54. The minimum atomic E-state index is -0.911. The number of hydrogen-bond donors (Lipinski definition) is 2. The molecule has 0 unspecified atom stereocenters. The third-order valence-electron chi connectivity index (χ3n) is 1.86. The van der Waals surface area contributed by atoms with Gasteiger partial charge in [0.1, 0.15) is 11.9 Å². The van der Waals surface area contributed by atoms with Crippen LogP contribution >= 0.6 is 0 Å². The molecule has 1 aliphatic carbocycles. The minimum Gasteiger partial charge on any atom is -0.382 e. The summed E-state index contributed by atoms with van der Waals surface area (Å²) >= 11 is 0. The molecule has 1 fully saturated rings. The number of hydrazone groups is 1. The average Bonchev–Trinajstić information content (AvgIpc) is 2.80. The lowest BCUT2D eigenvalue weighted by molar-refractivity contribution is -0.118. The van der Waals surface area contributed by atoms with Gasteiger partial charge in [-0.2, -0.15) is 5.10 Å². The van der Waals surface area contributed by atoms with Crippen LogP contribution in [0.3, 0.4) is 0 Å². The number of carbonyl (C=O) groups is 1. The molecule has 0 heterocycles. The first-order valence-corrected chi connectivity index (χ1v) is 4.59. The van der Waals surface area contributed by atoms with Crippen LogP contribution in [0.5, 0.6) is 0 Å². The van der Waals surface area contributed by atoms with Gasteiger partial charge in [0.25, 0.3) is 5.91 Å². The van der Waals surface area contributed by atoms with Crippen molar-refractivity contribution in [1.29, 1.82) is 0 Å². The molecule has 0 aromatic carbocycles. The number of nitrogens with one attached hydrogen (secondary N) is 2. The Balaban J connectivity index is 2.54. The molecule has 0 aromatic rings. The minimum absolute atomic E-state index is 0.245. The maximum absolute atomic E-state index is 12.5. The topological polar surface area (TPSA) is 56.7 Å². The van der Waals surface area contributed by atoms with Crippen molar-refractivity contribution in [3.05, 3.63) is 11.9 Å². The van der Waals surface area contributed by atoms with Gasteiger partial charge in [0.05, 0.1) is 6.04 Å². The summed E-state index contributed by atoms with van der Waals surface area (Å²) in [6, 6.07) is -0.352. The molecule has 0 aromatic heterocycles. The van der Waals surface area contributed by atoms with Gasteiger partial charge in [0.2, 0.25) is 0 Å². The summed E-state index contributed by atoms with van der Waals surface area (Å²) in [5.74, 6) is -0.374. The summed E-state index contributed by atoms with van der Waals surface area (Å²) in [6.45, 7) is 3.23. The summed E-state index contributed by atoms with van der Waals surface area (Å²) in [4.78, 5) is 13.2. The first-order valence-electron chi connectivity index (χ1n) is 4.59. The van der Waals surface area contributed by atoms with Gasteiger partial charge in [-0.15, -0.1) is 0 Å². The van der Waals surface area contributed by atoms with Crippen LogP contribution in [0.25, 0.3) is 0 Å². The number of alkyl halides is 1. The Morgan fingerprint density at radius 3 is 2.67 bits per heavy atom. The van der Waals surface area contributed by atoms with Crippen molar-refractivity contribution in [3.63, 3.8) is 0 Å². The van der Waals surface area contributed by atoms with Crippen molar-refractivity contribution >= 4 is 12.6 Å². The number of halogens is 1. The Hall–Kier alpha value is -1.59. The zero-order valence-corrected chi connectivity index (χ0v) is 8.83. The average molecular weight is 214 g/mol. The molecule has 0 spiro atoms. The van der Waals surface area contributed by atoms with Crippen molar-refractivity contribution in [2.45, 2.75) is 18.6 Å². The van der Waals surface area contributed by atoms with Crippen LogP contribution in [0.4, 0.5) is 4.39 Å². The van der Waals surface area contributed by atoms with E-state index in [9.17, 15) is 9.18 Å². The second-order valence-electron chi connectivity index (χ2n) is 3.61. The van der Waals surface area contributed by atoms with Crippen molar-refractivity contribution < 1.29 is 9.18 Å². The van der Waals surface area contributed by atoms with Gasteiger partial charge in [-0.1, -0.05) is 0 Å². The quantitative estimate of drug-likeness (QED) is 0.379. The zero-order valence-electron chi connectivity index (χ0n) is 8.83. The van der Waals surface area contributed by atoms with Crippen molar-refractivity contribution in [3.8, 4) is 0 Å². The van der Waals surface area contributed by atoms with Crippen LogP contribution in [-0.4, -0.2) is 43.8 Å². The van der Waals surface area contributed by atoms with Gasteiger partial charge in [-0.25, -0.2) is 4.39 Å². The molecule has 0 aliphatic heterocycles. The SMILES string of the molecule is C=NN/C(=C\N(C)C)C(=O)N[C@@H]1C[C@@H]1F. The molecule has 1 saturated carbocycles. The third kappa shape index (κ3) is 3.57. The summed E-state index contributed by atoms with van der Waals surface area (Å²) in [5.41, 5.74) is 2.71. The van der Waals surface area contributed by atoms with E-state index in [1.165, 1.54) is 0 Å².